The Kier molecular flexibility index (Phi) is 1.96. The highest BCUT2D eigenvalue weighted by Gasteiger charge is 1.93. The Labute approximate surface area is 61.9 Å². The molecular formula is C5H7N3OS. The number of aromatic nitrogens is 2. The normalized spacial score (nSPS) is 9.70. The maximum atomic E-state index is 10.6. The van der Waals surface area contributed by atoms with Crippen molar-refractivity contribution in [3.8, 4) is 0 Å². The van der Waals surface area contributed by atoms with Crippen molar-refractivity contribution >= 4 is 17.6 Å². The fourth-order valence-corrected chi connectivity index (χ4v) is 0.976. The second-order valence-corrected chi connectivity index (χ2v) is 2.51. The van der Waals surface area contributed by atoms with E-state index in [0.29, 0.717) is 10.8 Å². The molecule has 0 spiro atoms. The summed E-state index contributed by atoms with van der Waals surface area (Å²) in [5.41, 5.74) is 4.93. The van der Waals surface area contributed by atoms with Crippen molar-refractivity contribution < 1.29 is 0 Å². The van der Waals surface area contributed by atoms with Gasteiger partial charge in [-0.2, -0.15) is 4.98 Å². The molecule has 0 fully saturated rings. The van der Waals surface area contributed by atoms with E-state index in [4.69, 9.17) is 5.73 Å². The molecule has 0 unspecified atom stereocenters. The van der Waals surface area contributed by atoms with Crippen LogP contribution in [0.1, 0.15) is 0 Å². The average Bonchev–Trinajstić information content (AvgIpc) is 1.85. The third-order valence-electron chi connectivity index (χ3n) is 0.951. The summed E-state index contributed by atoms with van der Waals surface area (Å²) in [6.07, 6.45) is 1.83. The van der Waals surface area contributed by atoms with Crippen molar-refractivity contribution in [3.05, 3.63) is 16.6 Å². The third kappa shape index (κ3) is 1.51. The number of hydrogen-bond donors (Lipinski definition) is 2. The number of thioether (sulfide) groups is 1. The number of H-pyrrole nitrogens is 1. The lowest BCUT2D eigenvalue weighted by molar-refractivity contribution is 0.989. The van der Waals surface area contributed by atoms with Gasteiger partial charge >= 0.3 is 5.69 Å². The topological polar surface area (TPSA) is 71.8 Å². The second kappa shape index (κ2) is 2.74. The lowest BCUT2D eigenvalue weighted by Crippen LogP contribution is -2.12. The van der Waals surface area contributed by atoms with E-state index in [2.05, 4.69) is 9.97 Å². The van der Waals surface area contributed by atoms with Gasteiger partial charge in [0.15, 0.2) is 0 Å². The van der Waals surface area contributed by atoms with Crippen LogP contribution in [0.5, 0.6) is 0 Å². The van der Waals surface area contributed by atoms with Crippen LogP contribution in [0.25, 0.3) is 0 Å². The number of hydrogen-bond acceptors (Lipinski definition) is 4. The van der Waals surface area contributed by atoms with E-state index in [1.807, 2.05) is 6.26 Å². The zero-order chi connectivity index (χ0) is 7.56. The molecule has 0 aliphatic heterocycles. The number of anilines is 1. The molecule has 0 aromatic carbocycles. The van der Waals surface area contributed by atoms with E-state index in [0.717, 1.165) is 0 Å². The fourth-order valence-electron chi connectivity index (χ4n) is 0.557. The second-order valence-electron chi connectivity index (χ2n) is 1.68. The third-order valence-corrected chi connectivity index (χ3v) is 1.58. The highest BCUT2D eigenvalue weighted by atomic mass is 32.2. The van der Waals surface area contributed by atoms with Gasteiger partial charge in [0.2, 0.25) is 0 Å². The summed E-state index contributed by atoms with van der Waals surface area (Å²) in [7, 11) is 0. The molecule has 10 heavy (non-hydrogen) atoms. The molecule has 0 aliphatic carbocycles. The van der Waals surface area contributed by atoms with Crippen molar-refractivity contribution in [2.24, 2.45) is 0 Å². The first kappa shape index (κ1) is 7.14. The first-order valence-corrected chi connectivity index (χ1v) is 3.85. The van der Waals surface area contributed by atoms with E-state index < -0.39 is 5.69 Å². The van der Waals surface area contributed by atoms with Gasteiger partial charge in [-0.1, -0.05) is 0 Å². The summed E-state index contributed by atoms with van der Waals surface area (Å²) in [6, 6.07) is 1.62. The van der Waals surface area contributed by atoms with Gasteiger partial charge in [-0.25, -0.2) is 4.79 Å². The molecule has 0 bridgehead atoms. The van der Waals surface area contributed by atoms with E-state index >= 15 is 0 Å². The minimum absolute atomic E-state index is 0.351. The summed E-state index contributed by atoms with van der Waals surface area (Å²) in [4.78, 5) is 16.6. The van der Waals surface area contributed by atoms with Crippen LogP contribution in [0, 0.1) is 0 Å². The Balaban J connectivity index is 3.19. The Morgan fingerprint density at radius 3 is 3.00 bits per heavy atom. The summed E-state index contributed by atoms with van der Waals surface area (Å²) in [5, 5.41) is 0.640. The number of aromatic amines is 1. The van der Waals surface area contributed by atoms with Gasteiger partial charge in [-0.15, -0.1) is 11.8 Å². The van der Waals surface area contributed by atoms with Crippen molar-refractivity contribution in [2.45, 2.75) is 5.03 Å². The fraction of sp³-hybridized carbons (Fsp3) is 0.200. The van der Waals surface area contributed by atoms with Gasteiger partial charge in [0.25, 0.3) is 0 Å². The molecule has 1 rings (SSSR count). The van der Waals surface area contributed by atoms with Gasteiger partial charge < -0.3 is 5.73 Å². The largest absolute Gasteiger partial charge is 0.385 e. The summed E-state index contributed by atoms with van der Waals surface area (Å²) in [6.45, 7) is 0. The predicted octanol–water partition coefficient (Wildman–Crippen LogP) is 0.0740. The Bertz CT molecular complexity index is 282. The molecule has 1 aromatic rings. The SMILES string of the molecule is CSc1cc(N)[nH]c(=O)n1. The number of nitrogens with zero attached hydrogens (tertiary/aromatic N) is 1. The molecule has 5 heteroatoms. The van der Waals surface area contributed by atoms with Crippen LogP contribution in [0.4, 0.5) is 5.82 Å². The zero-order valence-electron chi connectivity index (χ0n) is 5.42. The first-order chi connectivity index (χ1) is 4.72. The maximum absolute atomic E-state index is 10.6. The molecule has 0 radical (unpaired) electrons. The monoisotopic (exact) mass is 157 g/mol. The lowest BCUT2D eigenvalue weighted by Gasteiger charge is -1.93. The highest BCUT2D eigenvalue weighted by molar-refractivity contribution is 7.98. The first-order valence-electron chi connectivity index (χ1n) is 2.63. The molecule has 0 atom stereocenters. The predicted molar refractivity (Wildman–Crippen MR) is 41.1 cm³/mol. The Morgan fingerprint density at radius 2 is 2.50 bits per heavy atom. The van der Waals surface area contributed by atoms with Crippen LogP contribution < -0.4 is 11.4 Å². The van der Waals surface area contributed by atoms with Gasteiger partial charge in [0, 0.05) is 6.07 Å². The zero-order valence-corrected chi connectivity index (χ0v) is 6.23. The van der Waals surface area contributed by atoms with Crippen molar-refractivity contribution in [1.82, 2.24) is 9.97 Å². The molecule has 3 N–H and O–H groups in total. The van der Waals surface area contributed by atoms with Gasteiger partial charge in [-0.3, -0.25) is 4.98 Å². The smallest absolute Gasteiger partial charge is 0.347 e. The van der Waals surface area contributed by atoms with Gasteiger partial charge in [0.1, 0.15) is 10.8 Å². The minimum atomic E-state index is -0.399. The van der Waals surface area contributed by atoms with Crippen LogP contribution in [0.3, 0.4) is 0 Å². The van der Waals surface area contributed by atoms with Crippen LogP contribution in [0.15, 0.2) is 15.9 Å². The van der Waals surface area contributed by atoms with Crippen LogP contribution in [-0.2, 0) is 0 Å². The molecule has 0 saturated carbocycles. The van der Waals surface area contributed by atoms with Crippen LogP contribution in [0.2, 0.25) is 0 Å². The van der Waals surface area contributed by atoms with Crippen LogP contribution in [-0.4, -0.2) is 16.2 Å². The lowest BCUT2D eigenvalue weighted by atomic mass is 10.6. The average molecular weight is 157 g/mol. The van der Waals surface area contributed by atoms with Gasteiger partial charge in [0.05, 0.1) is 0 Å². The van der Waals surface area contributed by atoms with Crippen molar-refractivity contribution in [2.75, 3.05) is 12.0 Å². The van der Waals surface area contributed by atoms with E-state index in [1.165, 1.54) is 11.8 Å². The highest BCUT2D eigenvalue weighted by Crippen LogP contribution is 2.09. The number of rotatable bonds is 1. The molecule has 0 saturated heterocycles. The van der Waals surface area contributed by atoms with E-state index in [9.17, 15) is 4.79 Å². The number of nitrogens with one attached hydrogen (secondary N) is 1. The van der Waals surface area contributed by atoms with E-state index in [1.54, 1.807) is 6.07 Å². The molecule has 0 amide bonds. The minimum Gasteiger partial charge on any atom is -0.385 e. The Hall–Kier alpha value is -0.970. The summed E-state index contributed by atoms with van der Waals surface area (Å²) in [5.74, 6) is 0.351. The molecule has 1 aromatic heterocycles. The maximum Gasteiger partial charge on any atom is 0.347 e. The van der Waals surface area contributed by atoms with Crippen molar-refractivity contribution in [3.63, 3.8) is 0 Å². The standard InChI is InChI=1S/C5H7N3OS/c1-10-4-2-3(6)7-5(9)8-4/h2H,1H3,(H3,6,7,8,9). The van der Waals surface area contributed by atoms with Gasteiger partial charge in [-0.05, 0) is 6.26 Å². The number of nitrogen functional groups attached to an aromatic ring is 1. The quantitative estimate of drug-likeness (QED) is 0.447. The molecule has 0 aliphatic rings. The molecule has 1 heterocycles. The van der Waals surface area contributed by atoms with Crippen molar-refractivity contribution in [1.29, 1.82) is 0 Å². The number of nitrogens with two attached hydrogens (primary N) is 1. The summed E-state index contributed by atoms with van der Waals surface area (Å²) < 4.78 is 0. The molecule has 54 valence electrons. The van der Waals surface area contributed by atoms with Crippen LogP contribution >= 0.6 is 11.8 Å². The Morgan fingerprint density at radius 1 is 1.80 bits per heavy atom. The van der Waals surface area contributed by atoms with E-state index in [-0.39, 0.29) is 0 Å². The summed E-state index contributed by atoms with van der Waals surface area (Å²) >= 11 is 1.39. The molecule has 4 nitrogen and oxygen atoms in total. The molecular weight excluding hydrogens is 150 g/mol.